The van der Waals surface area contributed by atoms with Crippen LogP contribution < -0.4 is 14.8 Å². The Hall–Kier alpha value is -2.13. The number of carbonyl (C=O) groups is 1. The molecule has 6 heteroatoms. The van der Waals surface area contributed by atoms with Crippen molar-refractivity contribution in [2.75, 3.05) is 20.5 Å². The Morgan fingerprint density at radius 2 is 2.05 bits per heavy atom. The molecule has 1 aromatic carbocycles. The maximum Gasteiger partial charge on any atom is 0.225 e. The predicted molar refractivity (Wildman–Crippen MR) is 81.2 cm³/mol. The van der Waals surface area contributed by atoms with Crippen LogP contribution in [0.15, 0.2) is 28.8 Å². The first-order valence-electron chi connectivity index (χ1n) is 6.34. The van der Waals surface area contributed by atoms with Gasteiger partial charge in [-0.2, -0.15) is 5.26 Å². The minimum absolute atomic E-state index is 0.0851. The summed E-state index contributed by atoms with van der Waals surface area (Å²) in [6, 6.07) is 7.68. The van der Waals surface area contributed by atoms with Gasteiger partial charge in [0.25, 0.3) is 0 Å². The Bertz CT molecular complexity index is 634. The molecular formula is C15H16N2O3S. The van der Waals surface area contributed by atoms with Gasteiger partial charge in [-0.25, -0.2) is 0 Å². The Labute approximate surface area is 127 Å². The van der Waals surface area contributed by atoms with Crippen LogP contribution in [0.5, 0.6) is 11.5 Å². The van der Waals surface area contributed by atoms with Crippen molar-refractivity contribution in [1.82, 2.24) is 5.32 Å². The van der Waals surface area contributed by atoms with Crippen LogP contribution in [-0.2, 0) is 4.79 Å². The normalized spacial score (nSPS) is 18.0. The van der Waals surface area contributed by atoms with E-state index in [9.17, 15) is 10.1 Å². The lowest BCUT2D eigenvalue weighted by Gasteiger charge is -2.25. The lowest BCUT2D eigenvalue weighted by molar-refractivity contribution is -0.120. The van der Waals surface area contributed by atoms with Gasteiger partial charge in [0.1, 0.15) is 0 Å². The van der Waals surface area contributed by atoms with Gasteiger partial charge in [0.15, 0.2) is 11.5 Å². The van der Waals surface area contributed by atoms with E-state index in [4.69, 9.17) is 9.47 Å². The number of hydrogen-bond donors (Lipinski definition) is 1. The third-order valence-corrected chi connectivity index (χ3v) is 4.10. The highest BCUT2D eigenvalue weighted by molar-refractivity contribution is 8.02. The van der Waals surface area contributed by atoms with Crippen molar-refractivity contribution in [2.24, 2.45) is 0 Å². The highest BCUT2D eigenvalue weighted by atomic mass is 32.2. The van der Waals surface area contributed by atoms with Crippen molar-refractivity contribution in [3.8, 4) is 17.6 Å². The number of hydrogen-bond acceptors (Lipinski definition) is 5. The number of benzene rings is 1. The molecule has 1 aromatic rings. The van der Waals surface area contributed by atoms with E-state index in [0.717, 1.165) is 5.56 Å². The van der Waals surface area contributed by atoms with Crippen molar-refractivity contribution in [1.29, 1.82) is 5.26 Å². The summed E-state index contributed by atoms with van der Waals surface area (Å²) in [6.07, 6.45) is 2.09. The second-order valence-corrected chi connectivity index (χ2v) is 5.29. The second kappa shape index (κ2) is 6.55. The molecule has 1 aliphatic heterocycles. The number of carbonyl (C=O) groups excluding carboxylic acids is 1. The summed E-state index contributed by atoms with van der Waals surface area (Å²) in [7, 11) is 3.13. The molecule has 1 N–H and O–H groups in total. The number of rotatable bonds is 4. The lowest BCUT2D eigenvalue weighted by Crippen LogP contribution is -2.30. The van der Waals surface area contributed by atoms with E-state index < -0.39 is 0 Å². The van der Waals surface area contributed by atoms with Gasteiger partial charge in [-0.15, -0.1) is 11.8 Å². The number of methoxy groups -OCH3 is 2. The van der Waals surface area contributed by atoms with Crippen molar-refractivity contribution in [3.05, 3.63) is 34.4 Å². The molecule has 5 nitrogen and oxygen atoms in total. The van der Waals surface area contributed by atoms with Crippen LogP contribution in [-0.4, -0.2) is 26.4 Å². The molecule has 0 saturated carbocycles. The van der Waals surface area contributed by atoms with Gasteiger partial charge in [-0.05, 0) is 24.0 Å². The van der Waals surface area contributed by atoms with Gasteiger partial charge < -0.3 is 14.8 Å². The fourth-order valence-electron chi connectivity index (χ4n) is 2.33. The molecule has 1 heterocycles. The number of nitriles is 1. The first kappa shape index (κ1) is 15.3. The van der Waals surface area contributed by atoms with Crippen LogP contribution in [0, 0.1) is 11.3 Å². The largest absolute Gasteiger partial charge is 0.493 e. The molecule has 0 radical (unpaired) electrons. The van der Waals surface area contributed by atoms with Gasteiger partial charge in [-0.1, -0.05) is 6.07 Å². The maximum atomic E-state index is 11.8. The van der Waals surface area contributed by atoms with Crippen LogP contribution in [0.3, 0.4) is 0 Å². The molecule has 21 heavy (non-hydrogen) atoms. The van der Waals surface area contributed by atoms with Crippen LogP contribution in [0.25, 0.3) is 0 Å². The number of nitrogens with zero attached hydrogens (tertiary/aromatic N) is 1. The average molecular weight is 304 g/mol. The number of allylic oxidation sites excluding steroid dienone is 1. The van der Waals surface area contributed by atoms with Gasteiger partial charge in [0.05, 0.1) is 30.9 Å². The van der Waals surface area contributed by atoms with Crippen LogP contribution in [0.2, 0.25) is 0 Å². The van der Waals surface area contributed by atoms with E-state index in [2.05, 4.69) is 11.4 Å². The van der Waals surface area contributed by atoms with Gasteiger partial charge >= 0.3 is 0 Å². The highest BCUT2D eigenvalue weighted by Crippen LogP contribution is 2.38. The Morgan fingerprint density at radius 3 is 2.62 bits per heavy atom. The van der Waals surface area contributed by atoms with Crippen molar-refractivity contribution in [3.63, 3.8) is 0 Å². The first-order chi connectivity index (χ1) is 10.1. The summed E-state index contributed by atoms with van der Waals surface area (Å²) >= 11 is 1.37. The Kier molecular flexibility index (Phi) is 4.76. The van der Waals surface area contributed by atoms with Crippen LogP contribution in [0.1, 0.15) is 17.9 Å². The number of nitrogens with one attached hydrogen (secondary N) is 1. The molecule has 0 aromatic heterocycles. The van der Waals surface area contributed by atoms with Crippen molar-refractivity contribution >= 4 is 17.7 Å². The molecule has 1 aliphatic rings. The maximum absolute atomic E-state index is 11.8. The molecule has 110 valence electrons. The summed E-state index contributed by atoms with van der Waals surface area (Å²) in [5, 5.41) is 12.8. The number of amides is 1. The van der Waals surface area contributed by atoms with Gasteiger partial charge in [0.2, 0.25) is 5.91 Å². The molecule has 2 rings (SSSR count). The predicted octanol–water partition coefficient (Wildman–Crippen LogP) is 2.41. The van der Waals surface area contributed by atoms with Gasteiger partial charge in [0, 0.05) is 12.3 Å². The van der Waals surface area contributed by atoms with E-state index in [0.29, 0.717) is 22.1 Å². The smallest absolute Gasteiger partial charge is 0.225 e. The molecule has 0 fully saturated rings. The topological polar surface area (TPSA) is 71.3 Å². The number of ether oxygens (including phenoxy) is 2. The van der Waals surface area contributed by atoms with Gasteiger partial charge in [-0.3, -0.25) is 4.79 Å². The summed E-state index contributed by atoms with van der Waals surface area (Å²) in [6.45, 7) is 0. The molecule has 1 atom stereocenters. The van der Waals surface area contributed by atoms with Crippen molar-refractivity contribution < 1.29 is 14.3 Å². The minimum Gasteiger partial charge on any atom is -0.493 e. The summed E-state index contributed by atoms with van der Waals surface area (Å²) in [5.41, 5.74) is 1.44. The summed E-state index contributed by atoms with van der Waals surface area (Å²) < 4.78 is 10.5. The molecule has 0 bridgehead atoms. The molecule has 0 spiro atoms. The number of thioether (sulfide) groups is 1. The van der Waals surface area contributed by atoms with Crippen LogP contribution in [0.4, 0.5) is 0 Å². The fraction of sp³-hybridized carbons (Fsp3) is 0.333. The van der Waals surface area contributed by atoms with E-state index in [1.807, 2.05) is 18.4 Å². The standard InChI is InChI=1S/C15H16N2O3S/c1-19-12-5-4-9(6-13(12)20-2)10-7-14(18)17-15(21-3)11(10)8-16/h4-6,10H,7H2,1-3H3,(H,17,18). The zero-order valence-corrected chi connectivity index (χ0v) is 12.9. The molecule has 1 amide bonds. The fourth-order valence-corrected chi connectivity index (χ4v) is 2.96. The van der Waals surface area contributed by atoms with E-state index in [1.165, 1.54) is 11.8 Å². The monoisotopic (exact) mass is 304 g/mol. The molecule has 0 aliphatic carbocycles. The Morgan fingerprint density at radius 1 is 1.33 bits per heavy atom. The first-order valence-corrected chi connectivity index (χ1v) is 7.57. The highest BCUT2D eigenvalue weighted by Gasteiger charge is 2.29. The zero-order valence-electron chi connectivity index (χ0n) is 12.1. The molecule has 0 saturated heterocycles. The summed E-state index contributed by atoms with van der Waals surface area (Å²) in [4.78, 5) is 11.8. The van der Waals surface area contributed by atoms with Crippen molar-refractivity contribution in [2.45, 2.75) is 12.3 Å². The summed E-state index contributed by atoms with van der Waals surface area (Å²) in [5.74, 6) is 0.863. The molecular weight excluding hydrogens is 288 g/mol. The second-order valence-electron chi connectivity index (χ2n) is 4.48. The Balaban J connectivity index is 2.49. The van der Waals surface area contributed by atoms with E-state index in [1.54, 1.807) is 20.3 Å². The molecule has 1 unspecified atom stereocenters. The third-order valence-electron chi connectivity index (χ3n) is 3.37. The average Bonchev–Trinajstić information content (AvgIpc) is 2.53. The third kappa shape index (κ3) is 2.98. The SMILES string of the molecule is COc1ccc(C2CC(=O)NC(SC)=C2C#N)cc1OC. The zero-order chi connectivity index (χ0) is 15.4. The quantitative estimate of drug-likeness (QED) is 0.925. The van der Waals surface area contributed by atoms with E-state index in [-0.39, 0.29) is 18.2 Å². The van der Waals surface area contributed by atoms with E-state index >= 15 is 0 Å². The lowest BCUT2D eigenvalue weighted by atomic mass is 9.87. The minimum atomic E-state index is -0.258. The van der Waals surface area contributed by atoms with Crippen LogP contribution >= 0.6 is 11.8 Å².